The molecule has 1 atom stereocenters. The summed E-state index contributed by atoms with van der Waals surface area (Å²) in [5, 5.41) is 0. The summed E-state index contributed by atoms with van der Waals surface area (Å²) in [6.45, 7) is 8.49. The van der Waals surface area contributed by atoms with E-state index in [0.29, 0.717) is 18.8 Å². The number of carbonyl (C=O) groups excluding carboxylic acids is 2. The number of nitrogens with zero attached hydrogens (tertiary/aromatic N) is 2. The number of hydrogen-bond donors (Lipinski definition) is 0. The average Bonchev–Trinajstić information content (AvgIpc) is 2.75. The minimum Gasteiger partial charge on any atom is -0.284 e. The average molecular weight is 270 g/mol. The molecule has 1 aromatic carbocycles. The topological polar surface area (TPSA) is 40.6 Å². The van der Waals surface area contributed by atoms with Gasteiger partial charge in [-0.25, -0.2) is 4.90 Å². The molecule has 0 bridgehead atoms. The van der Waals surface area contributed by atoms with Gasteiger partial charge in [-0.1, -0.05) is 30.4 Å². The first-order valence-electron chi connectivity index (χ1n) is 6.56. The maximum absolute atomic E-state index is 12.5. The first-order chi connectivity index (χ1) is 9.69. The molecule has 1 saturated heterocycles. The lowest BCUT2D eigenvalue weighted by Crippen LogP contribution is -2.42. The monoisotopic (exact) mass is 270 g/mol. The van der Waals surface area contributed by atoms with Crippen LogP contribution in [0.25, 0.3) is 0 Å². The Balaban J connectivity index is 2.23. The van der Waals surface area contributed by atoms with Gasteiger partial charge in [0.05, 0.1) is 18.2 Å². The van der Waals surface area contributed by atoms with Crippen LogP contribution in [0.2, 0.25) is 0 Å². The van der Waals surface area contributed by atoms with Crippen molar-refractivity contribution in [2.75, 3.05) is 18.0 Å². The first kappa shape index (κ1) is 14.2. The van der Waals surface area contributed by atoms with Crippen molar-refractivity contribution in [3.8, 4) is 0 Å². The molecule has 104 valence electrons. The van der Waals surface area contributed by atoms with Gasteiger partial charge in [0.25, 0.3) is 5.91 Å². The van der Waals surface area contributed by atoms with Crippen LogP contribution in [-0.2, 0) is 9.59 Å². The van der Waals surface area contributed by atoms with E-state index in [9.17, 15) is 9.59 Å². The van der Waals surface area contributed by atoms with Crippen molar-refractivity contribution in [2.24, 2.45) is 0 Å². The Labute approximate surface area is 119 Å². The second-order valence-electron chi connectivity index (χ2n) is 4.65. The molecule has 1 fully saturated rings. The van der Waals surface area contributed by atoms with Crippen LogP contribution in [0.1, 0.15) is 6.42 Å². The van der Waals surface area contributed by atoms with Gasteiger partial charge in [-0.2, -0.15) is 0 Å². The highest BCUT2D eigenvalue weighted by Gasteiger charge is 2.41. The van der Waals surface area contributed by atoms with Crippen LogP contribution in [0, 0.1) is 0 Å². The zero-order valence-electron chi connectivity index (χ0n) is 11.4. The number of rotatable bonds is 6. The summed E-state index contributed by atoms with van der Waals surface area (Å²) in [5.41, 5.74) is 0.627. The normalized spacial score (nSPS) is 18.6. The standard InChI is InChI=1S/C16H18N2O2/c1-3-10-17(11-4-2)14-12-15(19)18(16(14)20)13-8-6-5-7-9-13/h3-9,14H,1-2,10-12H2/t14-/m0/s1. The highest BCUT2D eigenvalue weighted by atomic mass is 16.2. The zero-order chi connectivity index (χ0) is 14.5. The molecule has 1 heterocycles. The minimum atomic E-state index is -0.432. The summed E-state index contributed by atoms with van der Waals surface area (Å²) in [7, 11) is 0. The van der Waals surface area contributed by atoms with Crippen LogP contribution in [0.3, 0.4) is 0 Å². The third-order valence-electron chi connectivity index (χ3n) is 3.31. The highest BCUT2D eigenvalue weighted by molar-refractivity contribution is 6.22. The molecule has 0 unspecified atom stereocenters. The Morgan fingerprint density at radius 1 is 1.15 bits per heavy atom. The third-order valence-corrected chi connectivity index (χ3v) is 3.31. The number of imide groups is 1. The Morgan fingerprint density at radius 3 is 2.30 bits per heavy atom. The van der Waals surface area contributed by atoms with E-state index in [-0.39, 0.29) is 18.2 Å². The number of amides is 2. The Hall–Kier alpha value is -2.20. The molecule has 2 rings (SSSR count). The van der Waals surface area contributed by atoms with Crippen molar-refractivity contribution in [1.82, 2.24) is 4.90 Å². The number of hydrogen-bond acceptors (Lipinski definition) is 3. The van der Waals surface area contributed by atoms with E-state index in [1.54, 1.807) is 24.3 Å². The Morgan fingerprint density at radius 2 is 1.75 bits per heavy atom. The van der Waals surface area contributed by atoms with E-state index in [1.807, 2.05) is 23.1 Å². The quantitative estimate of drug-likeness (QED) is 0.586. The van der Waals surface area contributed by atoms with E-state index < -0.39 is 6.04 Å². The lowest BCUT2D eigenvalue weighted by molar-refractivity contribution is -0.122. The maximum Gasteiger partial charge on any atom is 0.251 e. The summed E-state index contributed by atoms with van der Waals surface area (Å²) >= 11 is 0. The van der Waals surface area contributed by atoms with Crippen LogP contribution in [0.5, 0.6) is 0 Å². The Kier molecular flexibility index (Phi) is 4.48. The molecule has 0 aliphatic carbocycles. The van der Waals surface area contributed by atoms with Crippen molar-refractivity contribution < 1.29 is 9.59 Å². The van der Waals surface area contributed by atoms with Crippen LogP contribution < -0.4 is 4.90 Å². The fourth-order valence-corrected chi connectivity index (χ4v) is 2.41. The molecule has 20 heavy (non-hydrogen) atoms. The Bertz CT molecular complexity index is 515. The molecule has 0 aromatic heterocycles. The van der Waals surface area contributed by atoms with E-state index in [1.165, 1.54) is 4.90 Å². The summed E-state index contributed by atoms with van der Waals surface area (Å²) in [5.74, 6) is -0.339. The van der Waals surface area contributed by atoms with E-state index in [2.05, 4.69) is 13.2 Å². The predicted molar refractivity (Wildman–Crippen MR) is 79.3 cm³/mol. The second-order valence-corrected chi connectivity index (χ2v) is 4.65. The van der Waals surface area contributed by atoms with Crippen molar-refractivity contribution in [2.45, 2.75) is 12.5 Å². The summed E-state index contributed by atoms with van der Waals surface area (Å²) in [6, 6.07) is 8.59. The zero-order valence-corrected chi connectivity index (χ0v) is 11.4. The van der Waals surface area contributed by atoms with Crippen LogP contribution >= 0.6 is 0 Å². The minimum absolute atomic E-state index is 0.163. The molecule has 0 N–H and O–H groups in total. The van der Waals surface area contributed by atoms with Gasteiger partial charge >= 0.3 is 0 Å². The van der Waals surface area contributed by atoms with Crippen molar-refractivity contribution in [3.63, 3.8) is 0 Å². The van der Waals surface area contributed by atoms with Gasteiger partial charge in [-0.05, 0) is 12.1 Å². The first-order valence-corrected chi connectivity index (χ1v) is 6.56. The second kappa shape index (κ2) is 6.30. The van der Waals surface area contributed by atoms with Gasteiger partial charge in [-0.3, -0.25) is 14.5 Å². The van der Waals surface area contributed by atoms with Gasteiger partial charge in [0.2, 0.25) is 5.91 Å². The van der Waals surface area contributed by atoms with Gasteiger partial charge in [0.15, 0.2) is 0 Å². The predicted octanol–water partition coefficient (Wildman–Crippen LogP) is 1.99. The van der Waals surface area contributed by atoms with E-state index in [4.69, 9.17) is 0 Å². The molecule has 4 nitrogen and oxygen atoms in total. The molecule has 0 spiro atoms. The van der Waals surface area contributed by atoms with Gasteiger partial charge < -0.3 is 0 Å². The SMILES string of the molecule is C=CCN(CC=C)[C@H]1CC(=O)N(c2ccccc2)C1=O. The van der Waals surface area contributed by atoms with Crippen molar-refractivity contribution >= 4 is 17.5 Å². The highest BCUT2D eigenvalue weighted by Crippen LogP contribution is 2.25. The molecular weight excluding hydrogens is 252 g/mol. The number of benzene rings is 1. The van der Waals surface area contributed by atoms with E-state index in [0.717, 1.165) is 0 Å². The van der Waals surface area contributed by atoms with Gasteiger partial charge in [0, 0.05) is 13.1 Å². The van der Waals surface area contributed by atoms with Gasteiger partial charge in [0.1, 0.15) is 0 Å². The fraction of sp³-hybridized carbons (Fsp3) is 0.250. The number of para-hydroxylation sites is 1. The maximum atomic E-state index is 12.5. The van der Waals surface area contributed by atoms with Crippen LogP contribution in [0.15, 0.2) is 55.6 Å². The van der Waals surface area contributed by atoms with Crippen molar-refractivity contribution in [1.29, 1.82) is 0 Å². The number of carbonyl (C=O) groups is 2. The van der Waals surface area contributed by atoms with E-state index >= 15 is 0 Å². The molecule has 1 aliphatic heterocycles. The third kappa shape index (κ3) is 2.70. The molecule has 0 saturated carbocycles. The molecule has 4 heteroatoms. The van der Waals surface area contributed by atoms with Gasteiger partial charge in [-0.15, -0.1) is 13.2 Å². The smallest absolute Gasteiger partial charge is 0.251 e. The molecule has 1 aromatic rings. The lowest BCUT2D eigenvalue weighted by atomic mass is 10.2. The summed E-state index contributed by atoms with van der Waals surface area (Å²) in [4.78, 5) is 27.8. The molecule has 2 amide bonds. The molecule has 1 aliphatic rings. The lowest BCUT2D eigenvalue weighted by Gasteiger charge is -2.24. The summed E-state index contributed by atoms with van der Waals surface area (Å²) in [6.07, 6.45) is 3.66. The molecule has 0 radical (unpaired) electrons. The molecular formula is C16H18N2O2. The largest absolute Gasteiger partial charge is 0.284 e. The number of anilines is 1. The van der Waals surface area contributed by atoms with Crippen molar-refractivity contribution in [3.05, 3.63) is 55.6 Å². The fourth-order valence-electron chi connectivity index (χ4n) is 2.41. The van der Waals surface area contributed by atoms with Crippen LogP contribution in [0.4, 0.5) is 5.69 Å². The van der Waals surface area contributed by atoms with Crippen LogP contribution in [-0.4, -0.2) is 35.8 Å². The summed E-state index contributed by atoms with van der Waals surface area (Å²) < 4.78 is 0.